The van der Waals surface area contributed by atoms with Crippen LogP contribution in [0, 0.1) is 0 Å². The Morgan fingerprint density at radius 2 is 1.67 bits per heavy atom. The molecule has 196 valence electrons. The van der Waals surface area contributed by atoms with E-state index in [-0.39, 0.29) is 25.0 Å². The van der Waals surface area contributed by atoms with E-state index in [1.54, 1.807) is 12.1 Å². The number of phenolic OH excluding ortho intramolecular Hbond substituents is 1. The molecule has 0 bridgehead atoms. The van der Waals surface area contributed by atoms with Crippen LogP contribution in [-0.2, 0) is 32.0 Å². The maximum atomic E-state index is 13.1. The van der Waals surface area contributed by atoms with Crippen LogP contribution in [0.1, 0.15) is 30.5 Å². The van der Waals surface area contributed by atoms with Gasteiger partial charge in [-0.25, -0.2) is 4.98 Å². The summed E-state index contributed by atoms with van der Waals surface area (Å²) < 4.78 is 0. The Bertz CT molecular complexity index is 997. The maximum absolute atomic E-state index is 13.1. The number of benzene rings is 1. The number of hydrogen-bond acceptors (Lipinski definition) is 8. The quantitative estimate of drug-likeness (QED) is 0.132. The first-order valence-electron chi connectivity index (χ1n) is 11.5. The fourth-order valence-electron chi connectivity index (χ4n) is 3.40. The fraction of sp³-hybridized carbons (Fsp3) is 0.435. The van der Waals surface area contributed by atoms with Crippen molar-refractivity contribution >= 4 is 23.7 Å². The van der Waals surface area contributed by atoms with Crippen molar-refractivity contribution < 1.29 is 29.4 Å². The number of carboxylic acids is 1. The first kappa shape index (κ1) is 28.3. The molecule has 0 radical (unpaired) electrons. The van der Waals surface area contributed by atoms with Crippen LogP contribution in [0.15, 0.2) is 36.8 Å². The van der Waals surface area contributed by atoms with E-state index in [4.69, 9.17) is 16.6 Å². The smallest absolute Gasteiger partial charge is 0.322 e. The molecule has 36 heavy (non-hydrogen) atoms. The van der Waals surface area contributed by atoms with Gasteiger partial charge in [-0.15, -0.1) is 0 Å². The van der Waals surface area contributed by atoms with Gasteiger partial charge in [0.15, 0.2) is 0 Å². The molecule has 0 spiro atoms. The van der Waals surface area contributed by atoms with Crippen LogP contribution in [0.2, 0.25) is 0 Å². The van der Waals surface area contributed by atoms with Crippen molar-refractivity contribution in [3.63, 3.8) is 0 Å². The molecule has 2 aromatic rings. The van der Waals surface area contributed by atoms with E-state index in [1.165, 1.54) is 24.7 Å². The van der Waals surface area contributed by atoms with Gasteiger partial charge in [-0.2, -0.15) is 0 Å². The van der Waals surface area contributed by atoms with E-state index >= 15 is 0 Å². The number of amides is 3. The summed E-state index contributed by atoms with van der Waals surface area (Å²) in [6.07, 6.45) is 4.52. The molecule has 1 aromatic carbocycles. The van der Waals surface area contributed by atoms with E-state index < -0.39 is 48.4 Å². The molecule has 0 fully saturated rings. The minimum Gasteiger partial charge on any atom is -0.508 e. The second kappa shape index (κ2) is 14.4. The highest BCUT2D eigenvalue weighted by atomic mass is 16.4. The number of nitrogens with one attached hydrogen (secondary N) is 4. The SMILES string of the molecule is NCCCCC(NC(=O)C(N)Cc1ccc(O)cc1)C(=O)NC(Cc1cnc[nH]1)C(=O)NCC(=O)O. The summed E-state index contributed by atoms with van der Waals surface area (Å²) in [6.45, 7) is -0.209. The van der Waals surface area contributed by atoms with Crippen molar-refractivity contribution in [1.29, 1.82) is 0 Å². The van der Waals surface area contributed by atoms with Crippen molar-refractivity contribution in [3.05, 3.63) is 48.0 Å². The van der Waals surface area contributed by atoms with Gasteiger partial charge in [0.25, 0.3) is 0 Å². The van der Waals surface area contributed by atoms with Gasteiger partial charge < -0.3 is 42.6 Å². The molecule has 1 aromatic heterocycles. The molecular weight excluding hydrogens is 470 g/mol. The van der Waals surface area contributed by atoms with E-state index in [2.05, 4.69) is 25.9 Å². The Hall–Kier alpha value is -3.97. The molecule has 10 N–H and O–H groups in total. The zero-order valence-electron chi connectivity index (χ0n) is 19.8. The average molecular weight is 504 g/mol. The number of aromatic nitrogens is 2. The standard InChI is InChI=1S/C23H33N7O6/c24-8-2-1-3-18(29-21(34)17(25)9-14-4-6-16(31)7-5-14)23(36)30-19(10-15-11-26-13-28-15)22(35)27-12-20(32)33/h4-7,11,13,17-19,31H,1-3,8-10,12,24-25H2,(H,26,28)(H,27,35)(H,29,34)(H,30,36)(H,32,33). The van der Waals surface area contributed by atoms with Crippen LogP contribution in [-0.4, -0.2) is 75.1 Å². The molecule has 0 aliphatic carbocycles. The fourth-order valence-corrected chi connectivity index (χ4v) is 3.40. The third-order valence-electron chi connectivity index (χ3n) is 5.33. The third-order valence-corrected chi connectivity index (χ3v) is 5.33. The largest absolute Gasteiger partial charge is 0.508 e. The molecule has 0 aliphatic rings. The molecular formula is C23H33N7O6. The lowest BCUT2D eigenvalue weighted by Gasteiger charge is -2.24. The van der Waals surface area contributed by atoms with E-state index in [9.17, 15) is 24.3 Å². The molecule has 0 aliphatic heterocycles. The summed E-state index contributed by atoms with van der Waals surface area (Å²) in [4.78, 5) is 56.0. The Morgan fingerprint density at radius 3 is 2.28 bits per heavy atom. The molecule has 1 heterocycles. The lowest BCUT2D eigenvalue weighted by Crippen LogP contribution is -2.56. The zero-order chi connectivity index (χ0) is 26.5. The van der Waals surface area contributed by atoms with Crippen molar-refractivity contribution in [3.8, 4) is 5.75 Å². The molecule has 3 atom stereocenters. The summed E-state index contributed by atoms with van der Waals surface area (Å²) >= 11 is 0. The number of unbranched alkanes of at least 4 members (excludes halogenated alkanes) is 1. The molecule has 3 unspecified atom stereocenters. The number of hydrogen-bond donors (Lipinski definition) is 8. The van der Waals surface area contributed by atoms with Crippen LogP contribution in [0.5, 0.6) is 5.75 Å². The molecule has 3 amide bonds. The van der Waals surface area contributed by atoms with Gasteiger partial charge in [0.05, 0.1) is 12.4 Å². The molecule has 2 rings (SSSR count). The highest BCUT2D eigenvalue weighted by molar-refractivity contribution is 5.93. The summed E-state index contributed by atoms with van der Waals surface area (Å²) in [7, 11) is 0. The Kier molecular flexibility index (Phi) is 11.3. The van der Waals surface area contributed by atoms with Gasteiger partial charge in [0, 0.05) is 18.3 Å². The van der Waals surface area contributed by atoms with Crippen LogP contribution >= 0.6 is 0 Å². The summed E-state index contributed by atoms with van der Waals surface area (Å²) in [5, 5.41) is 25.8. The van der Waals surface area contributed by atoms with E-state index in [0.29, 0.717) is 25.1 Å². The average Bonchev–Trinajstić information content (AvgIpc) is 3.36. The lowest BCUT2D eigenvalue weighted by atomic mass is 10.0. The molecule has 0 saturated carbocycles. The number of phenols is 1. The normalized spacial score (nSPS) is 13.3. The van der Waals surface area contributed by atoms with Gasteiger partial charge in [0.1, 0.15) is 24.4 Å². The minimum atomic E-state index is -1.23. The first-order valence-corrected chi connectivity index (χ1v) is 11.5. The minimum absolute atomic E-state index is 0.0288. The van der Waals surface area contributed by atoms with Crippen LogP contribution < -0.4 is 27.4 Å². The summed E-state index contributed by atoms with van der Waals surface area (Å²) in [5.74, 6) is -3.02. The number of nitrogens with zero attached hydrogens (tertiary/aromatic N) is 1. The number of imidazole rings is 1. The highest BCUT2D eigenvalue weighted by Gasteiger charge is 2.28. The van der Waals surface area contributed by atoms with Gasteiger partial charge >= 0.3 is 5.97 Å². The zero-order valence-corrected chi connectivity index (χ0v) is 19.8. The van der Waals surface area contributed by atoms with Crippen molar-refractivity contribution in [2.45, 2.75) is 50.2 Å². The Morgan fingerprint density at radius 1 is 0.972 bits per heavy atom. The second-order valence-electron chi connectivity index (χ2n) is 8.28. The monoisotopic (exact) mass is 503 g/mol. The number of H-pyrrole nitrogens is 1. The molecule has 13 heteroatoms. The van der Waals surface area contributed by atoms with Crippen molar-refractivity contribution in [1.82, 2.24) is 25.9 Å². The van der Waals surface area contributed by atoms with Crippen LogP contribution in [0.25, 0.3) is 0 Å². The van der Waals surface area contributed by atoms with Gasteiger partial charge in [-0.3, -0.25) is 19.2 Å². The number of nitrogens with two attached hydrogens (primary N) is 2. The maximum Gasteiger partial charge on any atom is 0.322 e. The molecule has 0 saturated heterocycles. The van der Waals surface area contributed by atoms with Crippen LogP contribution in [0.3, 0.4) is 0 Å². The Labute approximate surface area is 208 Å². The van der Waals surface area contributed by atoms with E-state index in [0.717, 1.165) is 5.56 Å². The van der Waals surface area contributed by atoms with Gasteiger partial charge in [-0.1, -0.05) is 12.1 Å². The summed E-state index contributed by atoms with van der Waals surface area (Å²) in [5.41, 5.74) is 12.9. The second-order valence-corrected chi connectivity index (χ2v) is 8.28. The lowest BCUT2D eigenvalue weighted by molar-refractivity contribution is -0.138. The third kappa shape index (κ3) is 9.72. The Balaban J connectivity index is 2.09. The topological polar surface area (TPSA) is 226 Å². The number of aliphatic carboxylic acids is 1. The van der Waals surface area contributed by atoms with E-state index in [1.807, 2.05) is 0 Å². The van der Waals surface area contributed by atoms with Crippen molar-refractivity contribution in [2.24, 2.45) is 11.5 Å². The van der Waals surface area contributed by atoms with Crippen LogP contribution in [0.4, 0.5) is 0 Å². The predicted octanol–water partition coefficient (Wildman–Crippen LogP) is -1.47. The number of carbonyl (C=O) groups excluding carboxylic acids is 3. The first-order chi connectivity index (χ1) is 17.2. The summed E-state index contributed by atoms with van der Waals surface area (Å²) in [6, 6.07) is 3.19. The number of rotatable bonds is 15. The number of carboxylic acid groups (broad SMARTS) is 1. The number of aromatic amines is 1. The predicted molar refractivity (Wildman–Crippen MR) is 129 cm³/mol. The highest BCUT2D eigenvalue weighted by Crippen LogP contribution is 2.11. The number of carbonyl (C=O) groups is 4. The molecule has 13 nitrogen and oxygen atoms in total. The van der Waals surface area contributed by atoms with Gasteiger partial charge in [0.2, 0.25) is 17.7 Å². The van der Waals surface area contributed by atoms with Crippen molar-refractivity contribution in [2.75, 3.05) is 13.1 Å². The van der Waals surface area contributed by atoms with Gasteiger partial charge in [-0.05, 0) is 49.9 Å². The number of aromatic hydroxyl groups is 1.